The van der Waals surface area contributed by atoms with Crippen LogP contribution in [0.2, 0.25) is 0 Å². The van der Waals surface area contributed by atoms with E-state index in [9.17, 15) is 4.79 Å². The summed E-state index contributed by atoms with van der Waals surface area (Å²) in [4.78, 5) is 20.7. The third-order valence-corrected chi connectivity index (χ3v) is 3.60. The fourth-order valence-corrected chi connectivity index (χ4v) is 2.07. The van der Waals surface area contributed by atoms with Gasteiger partial charge in [-0.2, -0.15) is 0 Å². The summed E-state index contributed by atoms with van der Waals surface area (Å²) in [6.45, 7) is 6.19. The molecule has 0 spiro atoms. The predicted octanol–water partition coefficient (Wildman–Crippen LogP) is 2.85. The zero-order valence-electron chi connectivity index (χ0n) is 13.4. The van der Waals surface area contributed by atoms with Crippen LogP contribution < -0.4 is 5.32 Å². The zero-order valence-corrected chi connectivity index (χ0v) is 13.4. The second-order valence-corrected chi connectivity index (χ2v) is 5.77. The van der Waals surface area contributed by atoms with Crippen molar-refractivity contribution in [3.05, 3.63) is 53.5 Å². The van der Waals surface area contributed by atoms with Crippen LogP contribution in [-0.2, 0) is 21.6 Å². The second-order valence-electron chi connectivity index (χ2n) is 5.77. The van der Waals surface area contributed by atoms with E-state index in [-0.39, 0.29) is 5.91 Å². The molecule has 0 unspecified atom stereocenters. The molecule has 2 aromatic rings. The number of anilines is 1. The molecule has 0 bridgehead atoms. The largest absolute Gasteiger partial charge is 0.378 e. The number of aryl methyl sites for hydroxylation is 1. The lowest BCUT2D eigenvalue weighted by Crippen LogP contribution is -2.35. The van der Waals surface area contributed by atoms with Crippen molar-refractivity contribution in [2.24, 2.45) is 0 Å². The van der Waals surface area contributed by atoms with Crippen LogP contribution in [0, 0.1) is 6.92 Å². The minimum atomic E-state index is -0.653. The van der Waals surface area contributed by atoms with Gasteiger partial charge in [-0.1, -0.05) is 29.8 Å². The predicted molar refractivity (Wildman–Crippen MR) is 85.6 cm³/mol. The first-order valence-corrected chi connectivity index (χ1v) is 7.12. The summed E-state index contributed by atoms with van der Waals surface area (Å²) in [5, 5.41) is 2.85. The number of hydrogen-bond donors (Lipinski definition) is 1. The van der Waals surface area contributed by atoms with Gasteiger partial charge in [0.15, 0.2) is 0 Å². The van der Waals surface area contributed by atoms with Crippen LogP contribution in [0.3, 0.4) is 0 Å². The summed E-state index contributed by atoms with van der Waals surface area (Å²) in [5.74, 6) is 0.366. The van der Waals surface area contributed by atoms with Gasteiger partial charge in [0.25, 0.3) is 0 Å². The van der Waals surface area contributed by atoms with Crippen LogP contribution in [0.1, 0.15) is 30.7 Å². The van der Waals surface area contributed by atoms with Crippen molar-refractivity contribution in [1.82, 2.24) is 9.97 Å². The molecule has 116 valence electrons. The summed E-state index contributed by atoms with van der Waals surface area (Å²) < 4.78 is 5.03. The molecule has 1 amide bonds. The minimum Gasteiger partial charge on any atom is -0.378 e. The summed E-state index contributed by atoms with van der Waals surface area (Å²) in [6.07, 6.45) is 1.42. The minimum absolute atomic E-state index is 0.113. The highest BCUT2D eigenvalue weighted by Gasteiger charge is 2.30. The van der Waals surface area contributed by atoms with E-state index in [1.165, 1.54) is 11.9 Å². The van der Waals surface area contributed by atoms with E-state index in [0.29, 0.717) is 12.4 Å². The quantitative estimate of drug-likeness (QED) is 0.922. The maximum Gasteiger partial charge on any atom is 0.235 e. The molecule has 0 aliphatic heterocycles. The average Bonchev–Trinajstić information content (AvgIpc) is 2.48. The molecule has 5 nitrogen and oxygen atoms in total. The molecule has 1 N–H and O–H groups in total. The Morgan fingerprint density at radius 2 is 1.91 bits per heavy atom. The number of nitrogens with one attached hydrogen (secondary N) is 1. The Bertz CT molecular complexity index is 651. The number of rotatable bonds is 5. The Kier molecular flexibility index (Phi) is 4.88. The topological polar surface area (TPSA) is 64.1 Å². The van der Waals surface area contributed by atoms with Crippen molar-refractivity contribution in [3.63, 3.8) is 0 Å². The van der Waals surface area contributed by atoms with Crippen molar-refractivity contribution >= 4 is 11.7 Å². The molecule has 0 saturated heterocycles. The van der Waals surface area contributed by atoms with Crippen molar-refractivity contribution < 1.29 is 9.53 Å². The van der Waals surface area contributed by atoms with Crippen LogP contribution in [0.15, 0.2) is 36.7 Å². The Labute approximate surface area is 130 Å². The van der Waals surface area contributed by atoms with Crippen LogP contribution in [0.5, 0.6) is 0 Å². The molecule has 0 saturated carbocycles. The maximum atomic E-state index is 12.6. The van der Waals surface area contributed by atoms with Gasteiger partial charge in [-0.25, -0.2) is 9.97 Å². The molecule has 1 aromatic heterocycles. The van der Waals surface area contributed by atoms with Gasteiger partial charge in [0.05, 0.1) is 17.7 Å². The molecule has 22 heavy (non-hydrogen) atoms. The molecule has 2 rings (SSSR count). The first-order valence-electron chi connectivity index (χ1n) is 7.12. The van der Waals surface area contributed by atoms with Gasteiger partial charge in [0, 0.05) is 13.2 Å². The smallest absolute Gasteiger partial charge is 0.235 e. The van der Waals surface area contributed by atoms with Gasteiger partial charge in [-0.05, 0) is 26.3 Å². The summed E-state index contributed by atoms with van der Waals surface area (Å²) in [5.41, 5.74) is 2.20. The van der Waals surface area contributed by atoms with Crippen molar-refractivity contribution in [2.75, 3.05) is 12.4 Å². The van der Waals surface area contributed by atoms with E-state index < -0.39 is 5.41 Å². The third-order valence-electron chi connectivity index (χ3n) is 3.60. The lowest BCUT2D eigenvalue weighted by molar-refractivity contribution is -0.120. The molecule has 0 fully saturated rings. The average molecular weight is 299 g/mol. The lowest BCUT2D eigenvalue weighted by atomic mass is 9.83. The molecule has 0 aliphatic carbocycles. The highest BCUT2D eigenvalue weighted by Crippen LogP contribution is 2.25. The summed E-state index contributed by atoms with van der Waals surface area (Å²) in [6, 6.07) is 9.68. The second kappa shape index (κ2) is 6.66. The van der Waals surface area contributed by atoms with E-state index in [1.54, 1.807) is 13.2 Å². The van der Waals surface area contributed by atoms with Gasteiger partial charge in [0.1, 0.15) is 12.1 Å². The van der Waals surface area contributed by atoms with Crippen molar-refractivity contribution in [1.29, 1.82) is 0 Å². The SMILES string of the molecule is COCc1cc(NC(=O)C(C)(C)c2ccc(C)cc2)ncn1. The molecule has 0 aliphatic rings. The lowest BCUT2D eigenvalue weighted by Gasteiger charge is -2.24. The number of nitrogens with zero attached hydrogens (tertiary/aromatic N) is 2. The zero-order chi connectivity index (χ0) is 16.2. The van der Waals surface area contributed by atoms with Gasteiger partial charge < -0.3 is 10.1 Å². The standard InChI is InChI=1S/C17H21N3O2/c1-12-5-7-13(8-6-12)17(2,3)16(21)20-15-9-14(10-22-4)18-11-19-15/h5-9,11H,10H2,1-4H3,(H,18,19,20,21). The van der Waals surface area contributed by atoms with Crippen molar-refractivity contribution in [3.8, 4) is 0 Å². The van der Waals surface area contributed by atoms with Crippen molar-refractivity contribution in [2.45, 2.75) is 32.8 Å². The monoisotopic (exact) mass is 299 g/mol. The molecule has 0 radical (unpaired) electrons. The van der Waals surface area contributed by atoms with Gasteiger partial charge in [-0.15, -0.1) is 0 Å². The number of ether oxygens (including phenoxy) is 1. The first-order chi connectivity index (χ1) is 10.4. The number of aromatic nitrogens is 2. The Balaban J connectivity index is 2.16. The number of carbonyl (C=O) groups is 1. The Morgan fingerprint density at radius 3 is 2.55 bits per heavy atom. The number of amides is 1. The Morgan fingerprint density at radius 1 is 1.23 bits per heavy atom. The van der Waals surface area contributed by atoms with E-state index in [0.717, 1.165) is 11.3 Å². The van der Waals surface area contributed by atoms with E-state index in [2.05, 4.69) is 15.3 Å². The molecular weight excluding hydrogens is 278 g/mol. The van der Waals surface area contributed by atoms with E-state index >= 15 is 0 Å². The van der Waals surface area contributed by atoms with Crippen LogP contribution >= 0.6 is 0 Å². The van der Waals surface area contributed by atoms with Crippen LogP contribution in [0.25, 0.3) is 0 Å². The Hall–Kier alpha value is -2.27. The summed E-state index contributed by atoms with van der Waals surface area (Å²) >= 11 is 0. The normalized spacial score (nSPS) is 11.3. The number of methoxy groups -OCH3 is 1. The fraction of sp³-hybridized carbons (Fsp3) is 0.353. The number of carbonyl (C=O) groups excluding carboxylic acids is 1. The molecule has 0 atom stereocenters. The van der Waals surface area contributed by atoms with E-state index in [4.69, 9.17) is 4.74 Å². The van der Waals surface area contributed by atoms with Gasteiger partial charge >= 0.3 is 0 Å². The number of hydrogen-bond acceptors (Lipinski definition) is 4. The third kappa shape index (κ3) is 3.68. The summed E-state index contributed by atoms with van der Waals surface area (Å²) in [7, 11) is 1.60. The van der Waals surface area contributed by atoms with Crippen LogP contribution in [0.4, 0.5) is 5.82 Å². The fourth-order valence-electron chi connectivity index (χ4n) is 2.07. The molecule has 1 heterocycles. The number of benzene rings is 1. The van der Waals surface area contributed by atoms with Crippen LogP contribution in [-0.4, -0.2) is 23.0 Å². The van der Waals surface area contributed by atoms with Gasteiger partial charge in [0.2, 0.25) is 5.91 Å². The first kappa shape index (κ1) is 16.1. The van der Waals surface area contributed by atoms with E-state index in [1.807, 2.05) is 45.0 Å². The molecule has 1 aromatic carbocycles. The highest BCUT2D eigenvalue weighted by molar-refractivity contribution is 5.97. The van der Waals surface area contributed by atoms with Gasteiger partial charge in [-0.3, -0.25) is 4.79 Å². The highest BCUT2D eigenvalue weighted by atomic mass is 16.5. The molecule has 5 heteroatoms. The maximum absolute atomic E-state index is 12.6. The molecular formula is C17H21N3O2.